The lowest BCUT2D eigenvalue weighted by Crippen LogP contribution is -2.03. The molecule has 2 aromatic rings. The Kier molecular flexibility index (Phi) is 3.06. The summed E-state index contributed by atoms with van der Waals surface area (Å²) in [5, 5.41) is 0. The molecule has 0 unspecified atom stereocenters. The average Bonchev–Trinajstić information content (AvgIpc) is 2.61. The number of imidazole rings is 1. The summed E-state index contributed by atoms with van der Waals surface area (Å²) in [5.74, 6) is 0.968. The normalized spacial score (nSPS) is 10.7. The van der Waals surface area contributed by atoms with Crippen molar-refractivity contribution in [2.75, 3.05) is 6.54 Å². The molecule has 0 saturated carbocycles. The van der Waals surface area contributed by atoms with Crippen molar-refractivity contribution < 1.29 is 0 Å². The molecule has 0 spiro atoms. The first-order chi connectivity index (χ1) is 7.70. The van der Waals surface area contributed by atoms with Crippen LogP contribution in [0.25, 0.3) is 11.3 Å². The highest BCUT2D eigenvalue weighted by Gasteiger charge is 2.07. The van der Waals surface area contributed by atoms with E-state index in [-0.39, 0.29) is 0 Å². The molecule has 2 rings (SSSR count). The van der Waals surface area contributed by atoms with Gasteiger partial charge in [0.2, 0.25) is 0 Å². The van der Waals surface area contributed by atoms with Crippen molar-refractivity contribution >= 4 is 0 Å². The predicted octanol–water partition coefficient (Wildman–Crippen LogP) is 2.19. The Labute approximate surface area is 95.7 Å². The van der Waals surface area contributed by atoms with Crippen LogP contribution in [-0.2, 0) is 6.42 Å². The summed E-state index contributed by atoms with van der Waals surface area (Å²) in [6.07, 6.45) is 0.798. The smallest absolute Gasteiger partial charge is 0.108 e. The molecule has 0 aliphatic rings. The summed E-state index contributed by atoms with van der Waals surface area (Å²) in [6.45, 7) is 4.75. The lowest BCUT2D eigenvalue weighted by atomic mass is 10.1. The van der Waals surface area contributed by atoms with E-state index in [9.17, 15) is 0 Å². The van der Waals surface area contributed by atoms with Crippen molar-refractivity contribution in [2.45, 2.75) is 20.3 Å². The van der Waals surface area contributed by atoms with Crippen LogP contribution in [0.15, 0.2) is 24.3 Å². The molecule has 0 atom stereocenters. The molecule has 3 heteroatoms. The van der Waals surface area contributed by atoms with Crippen LogP contribution in [0.5, 0.6) is 0 Å². The summed E-state index contributed by atoms with van der Waals surface area (Å²) in [6, 6.07) is 8.41. The highest BCUT2D eigenvalue weighted by atomic mass is 14.9. The fourth-order valence-corrected chi connectivity index (χ4v) is 1.77. The number of aromatic amines is 1. The molecule has 1 heterocycles. The number of benzene rings is 1. The van der Waals surface area contributed by atoms with Crippen LogP contribution < -0.4 is 5.73 Å². The Morgan fingerprint density at radius 3 is 2.50 bits per heavy atom. The van der Waals surface area contributed by atoms with Crippen LogP contribution in [0, 0.1) is 13.8 Å². The summed E-state index contributed by atoms with van der Waals surface area (Å²) >= 11 is 0. The van der Waals surface area contributed by atoms with Crippen molar-refractivity contribution in [1.82, 2.24) is 9.97 Å². The van der Waals surface area contributed by atoms with Gasteiger partial charge in [0, 0.05) is 17.7 Å². The van der Waals surface area contributed by atoms with E-state index in [2.05, 4.69) is 41.2 Å². The molecule has 84 valence electrons. The molecular weight excluding hydrogens is 198 g/mol. The van der Waals surface area contributed by atoms with Crippen LogP contribution in [0.3, 0.4) is 0 Å². The van der Waals surface area contributed by atoms with Gasteiger partial charge in [-0.05, 0) is 20.4 Å². The number of nitrogens with two attached hydrogens (primary N) is 1. The average molecular weight is 215 g/mol. The summed E-state index contributed by atoms with van der Waals surface area (Å²) < 4.78 is 0. The van der Waals surface area contributed by atoms with Crippen molar-refractivity contribution in [2.24, 2.45) is 5.73 Å². The van der Waals surface area contributed by atoms with Crippen LogP contribution in [0.2, 0.25) is 0 Å². The Morgan fingerprint density at radius 1 is 1.19 bits per heavy atom. The van der Waals surface area contributed by atoms with Crippen molar-refractivity contribution in [3.8, 4) is 11.3 Å². The van der Waals surface area contributed by atoms with E-state index in [0.29, 0.717) is 6.54 Å². The standard InChI is InChI=1S/C13H17N3/c1-9-3-5-11(6-4-9)13-10(2)15-12(16-13)7-8-14/h3-6H,7-8,14H2,1-2H3,(H,15,16). The third-order valence-corrected chi connectivity index (χ3v) is 2.64. The van der Waals surface area contributed by atoms with E-state index < -0.39 is 0 Å². The molecule has 1 aromatic carbocycles. The second-order valence-electron chi connectivity index (χ2n) is 4.06. The van der Waals surface area contributed by atoms with Gasteiger partial charge in [0.25, 0.3) is 0 Å². The molecule has 0 amide bonds. The zero-order valence-electron chi connectivity index (χ0n) is 9.75. The van der Waals surface area contributed by atoms with Gasteiger partial charge in [-0.25, -0.2) is 4.98 Å². The van der Waals surface area contributed by atoms with Gasteiger partial charge >= 0.3 is 0 Å². The number of H-pyrrole nitrogens is 1. The van der Waals surface area contributed by atoms with Gasteiger partial charge in [0.15, 0.2) is 0 Å². The minimum absolute atomic E-state index is 0.625. The number of aryl methyl sites for hydroxylation is 2. The van der Waals surface area contributed by atoms with E-state index >= 15 is 0 Å². The number of nitrogens with one attached hydrogen (secondary N) is 1. The SMILES string of the molecule is Cc1ccc(-c2nc(CCN)[nH]c2C)cc1. The Balaban J connectivity index is 2.36. The minimum Gasteiger partial charge on any atom is -0.346 e. The van der Waals surface area contributed by atoms with Gasteiger partial charge < -0.3 is 10.7 Å². The monoisotopic (exact) mass is 215 g/mol. The molecule has 3 N–H and O–H groups in total. The lowest BCUT2D eigenvalue weighted by Gasteiger charge is -1.98. The number of rotatable bonds is 3. The zero-order chi connectivity index (χ0) is 11.5. The molecule has 0 radical (unpaired) electrons. The third-order valence-electron chi connectivity index (χ3n) is 2.64. The minimum atomic E-state index is 0.625. The highest BCUT2D eigenvalue weighted by molar-refractivity contribution is 5.62. The second kappa shape index (κ2) is 4.49. The maximum atomic E-state index is 5.52. The second-order valence-corrected chi connectivity index (χ2v) is 4.06. The third kappa shape index (κ3) is 2.14. The van der Waals surface area contributed by atoms with Gasteiger partial charge in [-0.15, -0.1) is 0 Å². The van der Waals surface area contributed by atoms with Gasteiger partial charge in [-0.3, -0.25) is 0 Å². The Bertz CT molecular complexity index is 468. The molecular formula is C13H17N3. The highest BCUT2D eigenvalue weighted by Crippen LogP contribution is 2.21. The fraction of sp³-hybridized carbons (Fsp3) is 0.308. The summed E-state index contributed by atoms with van der Waals surface area (Å²) in [4.78, 5) is 7.83. The number of hydrogen-bond donors (Lipinski definition) is 2. The van der Waals surface area contributed by atoms with E-state index in [1.54, 1.807) is 0 Å². The first kappa shape index (κ1) is 10.9. The van der Waals surface area contributed by atoms with Crippen molar-refractivity contribution in [3.05, 3.63) is 41.3 Å². The molecule has 0 saturated heterocycles. The molecule has 0 aliphatic carbocycles. The van der Waals surface area contributed by atoms with Crippen molar-refractivity contribution in [3.63, 3.8) is 0 Å². The molecule has 0 fully saturated rings. The van der Waals surface area contributed by atoms with Crippen LogP contribution in [0.1, 0.15) is 17.1 Å². The number of nitrogens with zero attached hydrogens (tertiary/aromatic N) is 1. The molecule has 1 aromatic heterocycles. The van der Waals surface area contributed by atoms with Crippen LogP contribution >= 0.6 is 0 Å². The largest absolute Gasteiger partial charge is 0.346 e. The molecule has 16 heavy (non-hydrogen) atoms. The van der Waals surface area contributed by atoms with E-state index in [1.165, 1.54) is 5.56 Å². The maximum absolute atomic E-state index is 5.52. The fourth-order valence-electron chi connectivity index (χ4n) is 1.77. The van der Waals surface area contributed by atoms with E-state index in [0.717, 1.165) is 29.2 Å². The van der Waals surface area contributed by atoms with E-state index in [1.807, 2.05) is 6.92 Å². The van der Waals surface area contributed by atoms with Crippen LogP contribution in [-0.4, -0.2) is 16.5 Å². The summed E-state index contributed by atoms with van der Waals surface area (Å²) in [5.41, 5.74) is 10.1. The first-order valence-corrected chi connectivity index (χ1v) is 5.53. The Hall–Kier alpha value is -1.61. The lowest BCUT2D eigenvalue weighted by molar-refractivity contribution is 0.891. The van der Waals surface area contributed by atoms with Gasteiger partial charge in [-0.2, -0.15) is 0 Å². The van der Waals surface area contributed by atoms with Gasteiger partial charge in [-0.1, -0.05) is 29.8 Å². The first-order valence-electron chi connectivity index (χ1n) is 5.53. The maximum Gasteiger partial charge on any atom is 0.108 e. The zero-order valence-corrected chi connectivity index (χ0v) is 9.75. The van der Waals surface area contributed by atoms with Crippen molar-refractivity contribution in [1.29, 1.82) is 0 Å². The number of aromatic nitrogens is 2. The summed E-state index contributed by atoms with van der Waals surface area (Å²) in [7, 11) is 0. The topological polar surface area (TPSA) is 54.7 Å². The molecule has 3 nitrogen and oxygen atoms in total. The molecule has 0 aliphatic heterocycles. The van der Waals surface area contributed by atoms with Gasteiger partial charge in [0.05, 0.1) is 5.69 Å². The number of hydrogen-bond acceptors (Lipinski definition) is 2. The van der Waals surface area contributed by atoms with E-state index in [4.69, 9.17) is 5.73 Å². The quantitative estimate of drug-likeness (QED) is 0.824. The van der Waals surface area contributed by atoms with Gasteiger partial charge in [0.1, 0.15) is 5.82 Å². The predicted molar refractivity (Wildman–Crippen MR) is 66.3 cm³/mol. The Morgan fingerprint density at radius 2 is 1.88 bits per heavy atom. The van der Waals surface area contributed by atoms with Crippen LogP contribution in [0.4, 0.5) is 0 Å². The molecule has 0 bridgehead atoms.